The maximum atomic E-state index is 4.75. The second kappa shape index (κ2) is 4.25. The Kier molecular flexibility index (Phi) is 3.26. The highest BCUT2D eigenvalue weighted by Crippen LogP contribution is 2.51. The van der Waals surface area contributed by atoms with Crippen LogP contribution < -0.4 is 5.32 Å². The van der Waals surface area contributed by atoms with E-state index < -0.39 is 0 Å². The lowest BCUT2D eigenvalue weighted by Gasteiger charge is -2.35. The summed E-state index contributed by atoms with van der Waals surface area (Å²) in [5, 5.41) is 4.78. The van der Waals surface area contributed by atoms with Crippen molar-refractivity contribution >= 4 is 16.9 Å². The van der Waals surface area contributed by atoms with Gasteiger partial charge in [-0.15, -0.1) is 0 Å². The third-order valence-electron chi connectivity index (χ3n) is 4.25. The average Bonchev–Trinajstić information content (AvgIpc) is 2.84. The van der Waals surface area contributed by atoms with Crippen LogP contribution in [0.15, 0.2) is 4.99 Å². The molecule has 0 aromatic carbocycles. The van der Waals surface area contributed by atoms with Crippen LogP contribution in [0.25, 0.3) is 0 Å². The Morgan fingerprint density at radius 3 is 2.69 bits per heavy atom. The van der Waals surface area contributed by atoms with Crippen LogP contribution in [-0.2, 0) is 0 Å². The first-order valence-corrected chi connectivity index (χ1v) is 7.39. The Bertz CT molecular complexity index is 298. The highest BCUT2D eigenvalue weighted by Gasteiger charge is 2.45. The molecular formula is C13H24N2S. The molecule has 2 fully saturated rings. The van der Waals surface area contributed by atoms with Crippen LogP contribution in [0.5, 0.6) is 0 Å². The number of thioether (sulfide) groups is 1. The summed E-state index contributed by atoms with van der Waals surface area (Å²) < 4.78 is 0. The SMILES string of the molecule is CCC1(C)CCSC(=NCC2CC2(C)C)N1. The van der Waals surface area contributed by atoms with Crippen LogP contribution >= 0.6 is 11.8 Å². The molecule has 1 heterocycles. The predicted molar refractivity (Wildman–Crippen MR) is 73.1 cm³/mol. The normalized spacial score (nSPS) is 39.5. The molecule has 2 unspecified atom stereocenters. The molecule has 0 amide bonds. The van der Waals surface area contributed by atoms with E-state index in [1.807, 2.05) is 11.8 Å². The molecule has 0 spiro atoms. The third kappa shape index (κ3) is 2.73. The van der Waals surface area contributed by atoms with E-state index in [9.17, 15) is 0 Å². The zero-order valence-electron chi connectivity index (χ0n) is 11.0. The summed E-state index contributed by atoms with van der Waals surface area (Å²) in [5.74, 6) is 2.03. The van der Waals surface area contributed by atoms with Crippen LogP contribution in [0.2, 0.25) is 0 Å². The molecule has 0 bridgehead atoms. The fourth-order valence-corrected chi connectivity index (χ4v) is 3.39. The van der Waals surface area contributed by atoms with Gasteiger partial charge in [-0.05, 0) is 37.5 Å². The number of amidine groups is 1. The van der Waals surface area contributed by atoms with E-state index in [1.165, 1.54) is 30.2 Å². The summed E-state index contributed by atoms with van der Waals surface area (Å²) in [7, 11) is 0. The van der Waals surface area contributed by atoms with Crippen LogP contribution in [0, 0.1) is 11.3 Å². The van der Waals surface area contributed by atoms with Crippen molar-refractivity contribution in [2.45, 2.75) is 52.5 Å². The summed E-state index contributed by atoms with van der Waals surface area (Å²) in [6, 6.07) is 0. The van der Waals surface area contributed by atoms with Crippen molar-refractivity contribution in [1.82, 2.24) is 5.32 Å². The molecule has 16 heavy (non-hydrogen) atoms. The highest BCUT2D eigenvalue weighted by atomic mass is 32.2. The summed E-state index contributed by atoms with van der Waals surface area (Å²) >= 11 is 1.89. The van der Waals surface area contributed by atoms with Crippen molar-refractivity contribution in [2.24, 2.45) is 16.3 Å². The maximum Gasteiger partial charge on any atom is 0.156 e. The zero-order valence-corrected chi connectivity index (χ0v) is 11.8. The van der Waals surface area contributed by atoms with Gasteiger partial charge < -0.3 is 5.32 Å². The Morgan fingerprint density at radius 1 is 1.44 bits per heavy atom. The number of rotatable bonds is 3. The molecule has 0 radical (unpaired) electrons. The molecule has 92 valence electrons. The van der Waals surface area contributed by atoms with Crippen molar-refractivity contribution in [1.29, 1.82) is 0 Å². The van der Waals surface area contributed by atoms with Crippen molar-refractivity contribution in [2.75, 3.05) is 12.3 Å². The standard InChI is InChI=1S/C13H24N2S/c1-5-13(4)6-7-16-11(15-13)14-9-10-8-12(10,2)3/h10H,5-9H2,1-4H3,(H,14,15). The Hall–Kier alpha value is -0.180. The third-order valence-corrected chi connectivity index (χ3v) is 5.17. The first-order valence-electron chi connectivity index (χ1n) is 6.41. The molecule has 0 aromatic heterocycles. The quantitative estimate of drug-likeness (QED) is 0.818. The van der Waals surface area contributed by atoms with Crippen LogP contribution in [-0.4, -0.2) is 23.0 Å². The van der Waals surface area contributed by atoms with Gasteiger partial charge in [0.15, 0.2) is 5.17 Å². The highest BCUT2D eigenvalue weighted by molar-refractivity contribution is 8.13. The molecule has 1 aliphatic heterocycles. The summed E-state index contributed by atoms with van der Waals surface area (Å²) in [6.45, 7) is 10.3. The van der Waals surface area contributed by atoms with Gasteiger partial charge in [0.05, 0.1) is 0 Å². The average molecular weight is 240 g/mol. The maximum absolute atomic E-state index is 4.75. The van der Waals surface area contributed by atoms with Crippen molar-refractivity contribution in [3.8, 4) is 0 Å². The lowest BCUT2D eigenvalue weighted by atomic mass is 9.96. The predicted octanol–water partition coefficient (Wildman–Crippen LogP) is 3.28. The van der Waals surface area contributed by atoms with E-state index in [4.69, 9.17) is 4.99 Å². The molecule has 2 rings (SSSR count). The molecule has 1 saturated carbocycles. The zero-order chi connectivity index (χ0) is 11.8. The number of hydrogen-bond acceptors (Lipinski definition) is 2. The monoisotopic (exact) mass is 240 g/mol. The van der Waals surface area contributed by atoms with Gasteiger partial charge in [0.25, 0.3) is 0 Å². The topological polar surface area (TPSA) is 24.4 Å². The first kappa shape index (κ1) is 12.3. The van der Waals surface area contributed by atoms with Crippen LogP contribution in [0.3, 0.4) is 0 Å². The summed E-state index contributed by atoms with van der Waals surface area (Å²) in [6.07, 6.45) is 3.78. The van der Waals surface area contributed by atoms with Gasteiger partial charge in [-0.2, -0.15) is 0 Å². The number of aliphatic imine (C=N–C) groups is 1. The minimum absolute atomic E-state index is 0.281. The van der Waals surface area contributed by atoms with Gasteiger partial charge in [0.2, 0.25) is 0 Å². The second-order valence-electron chi connectivity index (χ2n) is 6.17. The summed E-state index contributed by atoms with van der Waals surface area (Å²) in [4.78, 5) is 4.75. The van der Waals surface area contributed by atoms with Gasteiger partial charge in [-0.25, -0.2) is 0 Å². The van der Waals surface area contributed by atoms with E-state index in [2.05, 4.69) is 33.0 Å². The first-order chi connectivity index (χ1) is 7.45. The van der Waals surface area contributed by atoms with Gasteiger partial charge in [-0.1, -0.05) is 32.5 Å². The fourth-order valence-electron chi connectivity index (χ4n) is 2.16. The number of nitrogens with one attached hydrogen (secondary N) is 1. The summed E-state index contributed by atoms with van der Waals surface area (Å²) in [5.41, 5.74) is 0.834. The fraction of sp³-hybridized carbons (Fsp3) is 0.923. The van der Waals surface area contributed by atoms with E-state index in [0.29, 0.717) is 5.41 Å². The van der Waals surface area contributed by atoms with Gasteiger partial charge in [0.1, 0.15) is 0 Å². The lowest BCUT2D eigenvalue weighted by molar-refractivity contribution is 0.389. The van der Waals surface area contributed by atoms with Gasteiger partial charge >= 0.3 is 0 Å². The lowest BCUT2D eigenvalue weighted by Crippen LogP contribution is -2.48. The Morgan fingerprint density at radius 2 is 2.12 bits per heavy atom. The molecule has 3 heteroatoms. The van der Waals surface area contributed by atoms with Gasteiger partial charge in [-0.3, -0.25) is 4.99 Å². The Labute approximate surface area is 104 Å². The van der Waals surface area contributed by atoms with Crippen LogP contribution in [0.1, 0.15) is 47.0 Å². The molecule has 2 aliphatic rings. The smallest absolute Gasteiger partial charge is 0.156 e. The van der Waals surface area contributed by atoms with Crippen LogP contribution in [0.4, 0.5) is 0 Å². The molecule has 1 saturated heterocycles. The minimum atomic E-state index is 0.281. The molecular weight excluding hydrogens is 216 g/mol. The minimum Gasteiger partial charge on any atom is -0.360 e. The van der Waals surface area contributed by atoms with E-state index in [1.54, 1.807) is 0 Å². The largest absolute Gasteiger partial charge is 0.360 e. The number of hydrogen-bond donors (Lipinski definition) is 1. The van der Waals surface area contributed by atoms with Crippen molar-refractivity contribution in [3.05, 3.63) is 0 Å². The molecule has 1 N–H and O–H groups in total. The molecule has 0 aromatic rings. The molecule has 2 nitrogen and oxygen atoms in total. The Balaban J connectivity index is 1.87. The van der Waals surface area contributed by atoms with E-state index >= 15 is 0 Å². The number of nitrogens with zero attached hydrogens (tertiary/aromatic N) is 1. The molecule has 1 aliphatic carbocycles. The van der Waals surface area contributed by atoms with Gasteiger partial charge in [0, 0.05) is 17.8 Å². The van der Waals surface area contributed by atoms with Crippen molar-refractivity contribution < 1.29 is 0 Å². The van der Waals surface area contributed by atoms with Crippen molar-refractivity contribution in [3.63, 3.8) is 0 Å². The van der Waals surface area contributed by atoms with E-state index in [-0.39, 0.29) is 5.54 Å². The second-order valence-corrected chi connectivity index (χ2v) is 7.26. The van der Waals surface area contributed by atoms with E-state index in [0.717, 1.165) is 12.5 Å². The molecule has 2 atom stereocenters.